The van der Waals surface area contributed by atoms with Gasteiger partial charge in [0.1, 0.15) is 0 Å². The summed E-state index contributed by atoms with van der Waals surface area (Å²) in [6.07, 6.45) is 8.02. The van der Waals surface area contributed by atoms with Crippen LogP contribution >= 0.6 is 0 Å². The van der Waals surface area contributed by atoms with Crippen LogP contribution in [-0.4, -0.2) is 17.8 Å². The number of hydrogen-bond donors (Lipinski definition) is 2. The van der Waals surface area contributed by atoms with Crippen LogP contribution in [0.2, 0.25) is 0 Å². The summed E-state index contributed by atoms with van der Waals surface area (Å²) in [7, 11) is 0. The molecule has 4 aliphatic carbocycles. The highest BCUT2D eigenvalue weighted by molar-refractivity contribution is 5.01. The lowest BCUT2D eigenvalue weighted by atomic mass is 9.50. The van der Waals surface area contributed by atoms with E-state index in [-0.39, 0.29) is 6.10 Å². The Morgan fingerprint density at radius 3 is 1.95 bits per heavy atom. The van der Waals surface area contributed by atoms with Crippen molar-refractivity contribution in [1.82, 2.24) is 0 Å². The van der Waals surface area contributed by atoms with E-state index < -0.39 is 0 Å². The Balaban J connectivity index is 1.70. The fourth-order valence-corrected chi connectivity index (χ4v) is 5.82. The van der Waals surface area contributed by atoms with Crippen molar-refractivity contribution >= 4 is 0 Å². The monoisotopic (exact) mass is 265 g/mol. The zero-order valence-corrected chi connectivity index (χ0v) is 12.6. The highest BCUT2D eigenvalue weighted by Crippen LogP contribution is 2.58. The summed E-state index contributed by atoms with van der Waals surface area (Å²) in [5.74, 6) is 5.14. The van der Waals surface area contributed by atoms with Crippen molar-refractivity contribution < 1.29 is 5.11 Å². The zero-order chi connectivity index (χ0) is 13.6. The molecule has 4 rings (SSSR count). The van der Waals surface area contributed by atoms with E-state index in [1.807, 2.05) is 0 Å². The van der Waals surface area contributed by atoms with Gasteiger partial charge < -0.3 is 10.8 Å². The van der Waals surface area contributed by atoms with Crippen LogP contribution in [0.4, 0.5) is 0 Å². The van der Waals surface area contributed by atoms with Gasteiger partial charge in [-0.05, 0) is 86.5 Å². The largest absolute Gasteiger partial charge is 0.392 e. The molecule has 3 N–H and O–H groups in total. The average Bonchev–Trinajstić information content (AvgIpc) is 2.34. The first-order valence-corrected chi connectivity index (χ1v) is 8.46. The van der Waals surface area contributed by atoms with Crippen LogP contribution in [0.25, 0.3) is 0 Å². The standard InChI is InChI=1S/C17H31NO/c1-10(2)3-15(9-18)17(19)16-13-5-11-4-12(7-13)8-14(16)6-11/h10-17,19H,3-9,18H2,1-2H3. The molecule has 19 heavy (non-hydrogen) atoms. The summed E-state index contributed by atoms with van der Waals surface area (Å²) >= 11 is 0. The third-order valence-electron chi connectivity index (χ3n) is 6.25. The number of aliphatic hydroxyl groups excluding tert-OH is 1. The Kier molecular flexibility index (Phi) is 3.92. The van der Waals surface area contributed by atoms with Gasteiger partial charge in [0, 0.05) is 0 Å². The minimum atomic E-state index is -0.137. The Morgan fingerprint density at radius 1 is 1.00 bits per heavy atom. The molecule has 110 valence electrons. The van der Waals surface area contributed by atoms with Gasteiger partial charge in [-0.2, -0.15) is 0 Å². The van der Waals surface area contributed by atoms with Crippen LogP contribution in [0.1, 0.15) is 52.4 Å². The van der Waals surface area contributed by atoms with Crippen LogP contribution in [0.3, 0.4) is 0 Å². The predicted octanol–water partition coefficient (Wildman–Crippen LogP) is 3.04. The van der Waals surface area contributed by atoms with Crippen LogP contribution < -0.4 is 5.73 Å². The van der Waals surface area contributed by atoms with Crippen LogP contribution in [0, 0.1) is 41.4 Å². The molecule has 2 atom stereocenters. The molecule has 2 nitrogen and oxygen atoms in total. The van der Waals surface area contributed by atoms with E-state index >= 15 is 0 Å². The molecule has 0 spiro atoms. The van der Waals surface area contributed by atoms with E-state index in [0.717, 1.165) is 30.1 Å². The molecular weight excluding hydrogens is 234 g/mol. The Labute approximate surface area is 118 Å². The van der Waals surface area contributed by atoms with Gasteiger partial charge in [0.2, 0.25) is 0 Å². The van der Waals surface area contributed by atoms with Crippen molar-refractivity contribution in [3.05, 3.63) is 0 Å². The molecular formula is C17H31NO. The molecule has 0 aromatic heterocycles. The van der Waals surface area contributed by atoms with Crippen molar-refractivity contribution in [3.63, 3.8) is 0 Å². The summed E-state index contributed by atoms with van der Waals surface area (Å²) in [5.41, 5.74) is 5.96. The molecule has 4 fully saturated rings. The smallest absolute Gasteiger partial charge is 0.0613 e. The van der Waals surface area contributed by atoms with Gasteiger partial charge in [0.15, 0.2) is 0 Å². The van der Waals surface area contributed by atoms with Gasteiger partial charge in [-0.3, -0.25) is 0 Å². The maximum absolute atomic E-state index is 10.9. The Morgan fingerprint density at radius 2 is 1.53 bits per heavy atom. The van der Waals surface area contributed by atoms with E-state index in [4.69, 9.17) is 5.73 Å². The van der Waals surface area contributed by atoms with E-state index in [2.05, 4.69) is 13.8 Å². The highest BCUT2D eigenvalue weighted by Gasteiger charge is 2.51. The van der Waals surface area contributed by atoms with E-state index in [0.29, 0.717) is 24.3 Å². The molecule has 4 saturated carbocycles. The van der Waals surface area contributed by atoms with Crippen LogP contribution in [-0.2, 0) is 0 Å². The molecule has 4 bridgehead atoms. The average molecular weight is 265 g/mol. The normalized spacial score (nSPS) is 43.7. The van der Waals surface area contributed by atoms with Crippen molar-refractivity contribution in [2.45, 2.75) is 58.5 Å². The predicted molar refractivity (Wildman–Crippen MR) is 78.5 cm³/mol. The second-order valence-corrected chi connectivity index (χ2v) is 8.12. The first kappa shape index (κ1) is 13.9. The molecule has 0 aliphatic heterocycles. The zero-order valence-electron chi connectivity index (χ0n) is 12.6. The lowest BCUT2D eigenvalue weighted by Gasteiger charge is -2.56. The minimum Gasteiger partial charge on any atom is -0.392 e. The second kappa shape index (κ2) is 5.37. The van der Waals surface area contributed by atoms with Gasteiger partial charge in [-0.25, -0.2) is 0 Å². The minimum absolute atomic E-state index is 0.137. The quantitative estimate of drug-likeness (QED) is 0.802. The fraction of sp³-hybridized carbons (Fsp3) is 1.00. The van der Waals surface area contributed by atoms with Gasteiger partial charge in [0.05, 0.1) is 6.10 Å². The molecule has 0 amide bonds. The van der Waals surface area contributed by atoms with E-state index in [1.54, 1.807) is 0 Å². The van der Waals surface area contributed by atoms with Crippen molar-refractivity contribution in [3.8, 4) is 0 Å². The maximum atomic E-state index is 10.9. The number of aliphatic hydroxyl groups is 1. The number of nitrogens with two attached hydrogens (primary N) is 1. The van der Waals surface area contributed by atoms with E-state index in [1.165, 1.54) is 32.1 Å². The summed E-state index contributed by atoms with van der Waals surface area (Å²) in [4.78, 5) is 0. The topological polar surface area (TPSA) is 46.2 Å². The van der Waals surface area contributed by atoms with Gasteiger partial charge in [-0.1, -0.05) is 13.8 Å². The Bertz CT molecular complexity index is 286. The lowest BCUT2D eigenvalue weighted by Crippen LogP contribution is -2.51. The highest BCUT2D eigenvalue weighted by atomic mass is 16.3. The molecule has 2 heteroatoms. The SMILES string of the molecule is CC(C)CC(CN)C(O)C1C2CC3CC(C2)CC1C3. The lowest BCUT2D eigenvalue weighted by molar-refractivity contribution is -0.106. The van der Waals surface area contributed by atoms with Crippen molar-refractivity contribution in [2.24, 2.45) is 47.2 Å². The van der Waals surface area contributed by atoms with Crippen molar-refractivity contribution in [1.29, 1.82) is 0 Å². The molecule has 0 heterocycles. The van der Waals surface area contributed by atoms with Crippen LogP contribution in [0.15, 0.2) is 0 Å². The third-order valence-corrected chi connectivity index (χ3v) is 6.25. The first-order valence-electron chi connectivity index (χ1n) is 8.46. The van der Waals surface area contributed by atoms with Crippen molar-refractivity contribution in [2.75, 3.05) is 6.54 Å². The molecule has 4 aliphatic rings. The molecule has 0 aromatic rings. The number of hydrogen-bond acceptors (Lipinski definition) is 2. The molecule has 0 aromatic carbocycles. The summed E-state index contributed by atoms with van der Waals surface area (Å²) in [6.45, 7) is 5.14. The van der Waals surface area contributed by atoms with Gasteiger partial charge in [0.25, 0.3) is 0 Å². The molecule has 2 unspecified atom stereocenters. The summed E-state index contributed by atoms with van der Waals surface area (Å²) < 4.78 is 0. The maximum Gasteiger partial charge on any atom is 0.0613 e. The third kappa shape index (κ3) is 2.58. The number of rotatable bonds is 5. The Hall–Kier alpha value is -0.0800. The summed E-state index contributed by atoms with van der Waals surface area (Å²) in [6, 6.07) is 0. The second-order valence-electron chi connectivity index (χ2n) is 8.12. The van der Waals surface area contributed by atoms with Gasteiger partial charge >= 0.3 is 0 Å². The van der Waals surface area contributed by atoms with E-state index in [9.17, 15) is 5.11 Å². The first-order chi connectivity index (χ1) is 9.08. The fourth-order valence-electron chi connectivity index (χ4n) is 5.82. The molecule has 0 radical (unpaired) electrons. The van der Waals surface area contributed by atoms with Gasteiger partial charge in [-0.15, -0.1) is 0 Å². The molecule has 0 saturated heterocycles. The van der Waals surface area contributed by atoms with Crippen LogP contribution in [0.5, 0.6) is 0 Å². The summed E-state index contributed by atoms with van der Waals surface area (Å²) in [5, 5.41) is 10.9.